The van der Waals surface area contributed by atoms with Crippen LogP contribution in [-0.4, -0.2) is 55.6 Å². The van der Waals surface area contributed by atoms with Gasteiger partial charge < -0.3 is 4.90 Å². The fourth-order valence-electron chi connectivity index (χ4n) is 3.70. The van der Waals surface area contributed by atoms with Crippen molar-refractivity contribution >= 4 is 17.5 Å². The van der Waals surface area contributed by atoms with Crippen molar-refractivity contribution in [3.05, 3.63) is 45.4 Å². The number of likely N-dealkylation sites (tertiary alicyclic amines) is 1. The Morgan fingerprint density at radius 3 is 2.70 bits per heavy atom. The molecule has 4 rings (SSSR count). The second-order valence-electron chi connectivity index (χ2n) is 6.92. The van der Waals surface area contributed by atoms with Crippen LogP contribution in [0.15, 0.2) is 23.3 Å². The molecule has 0 aromatic carbocycles. The Hall–Kier alpha value is -2.29. The Morgan fingerprint density at radius 2 is 2.00 bits per heavy atom. The fraction of sp³-hybridized carbons (Fsp3) is 0.529. The quantitative estimate of drug-likeness (QED) is 0.787. The number of rotatable bonds is 3. The number of aromatic nitrogens is 4. The topological polar surface area (TPSA) is 73.0 Å². The van der Waals surface area contributed by atoms with E-state index in [1.165, 1.54) is 20.3 Å². The van der Waals surface area contributed by atoms with E-state index < -0.39 is 30.0 Å². The molecule has 1 saturated heterocycles. The summed E-state index contributed by atoms with van der Waals surface area (Å²) in [5, 5.41) is 4.79. The van der Waals surface area contributed by atoms with Gasteiger partial charge in [-0.25, -0.2) is 18.3 Å². The first-order valence-corrected chi connectivity index (χ1v) is 9.16. The van der Waals surface area contributed by atoms with Crippen LogP contribution < -0.4 is 5.69 Å². The molecule has 0 bridgehead atoms. The smallest absolute Gasteiger partial charge is 0.335 e. The Kier molecular flexibility index (Phi) is 4.71. The van der Waals surface area contributed by atoms with Crippen LogP contribution in [0.3, 0.4) is 0 Å². The molecule has 0 saturated carbocycles. The lowest BCUT2D eigenvalue weighted by molar-refractivity contribution is -0.134. The van der Waals surface area contributed by atoms with Gasteiger partial charge >= 0.3 is 5.69 Å². The number of aryl methyl sites for hydroxylation is 1. The van der Waals surface area contributed by atoms with Crippen LogP contribution in [0.25, 0.3) is 0 Å². The summed E-state index contributed by atoms with van der Waals surface area (Å²) in [6.07, 6.45) is 1.42. The Balaban J connectivity index is 1.62. The summed E-state index contributed by atoms with van der Waals surface area (Å²) in [5.41, 5.74) is 0.291. The standard InChI is InChI=1S/C17H18ClF2N5O2/c18-11-4-10(5-21-6-11)7-24-17(27)25-14(2-1-3-15(25)22-24)16(26)23-8-12(19)13(20)9-23/h4-6,12-14H,1-3,7-9H2/t12-,13-,14-/m0/s1. The molecule has 7 nitrogen and oxygen atoms in total. The normalized spacial score (nSPS) is 24.9. The van der Waals surface area contributed by atoms with Gasteiger partial charge in [-0.3, -0.25) is 14.3 Å². The maximum absolute atomic E-state index is 13.5. The summed E-state index contributed by atoms with van der Waals surface area (Å²) in [4.78, 5) is 30.8. The van der Waals surface area contributed by atoms with E-state index in [1.807, 2.05) is 0 Å². The minimum absolute atomic E-state index is 0.177. The predicted octanol–water partition coefficient (Wildman–Crippen LogP) is 1.54. The third-order valence-corrected chi connectivity index (χ3v) is 5.21. The van der Waals surface area contributed by atoms with E-state index in [4.69, 9.17) is 11.6 Å². The molecule has 2 aliphatic rings. The number of hydrogen-bond acceptors (Lipinski definition) is 4. The molecule has 3 atom stereocenters. The second kappa shape index (κ2) is 7.03. The van der Waals surface area contributed by atoms with Crippen LogP contribution in [0, 0.1) is 0 Å². The molecule has 0 aliphatic carbocycles. The van der Waals surface area contributed by atoms with Crippen LogP contribution >= 0.6 is 11.6 Å². The lowest BCUT2D eigenvalue weighted by atomic mass is 10.0. The number of carbonyl (C=O) groups excluding carboxylic acids is 1. The van der Waals surface area contributed by atoms with Crippen LogP contribution in [-0.2, 0) is 17.8 Å². The van der Waals surface area contributed by atoms with Crippen molar-refractivity contribution in [1.82, 2.24) is 24.2 Å². The molecule has 4 heterocycles. The third kappa shape index (κ3) is 3.36. The number of alkyl halides is 2. The first-order chi connectivity index (χ1) is 12.9. The van der Waals surface area contributed by atoms with E-state index in [9.17, 15) is 18.4 Å². The molecule has 2 aromatic rings. The first kappa shape index (κ1) is 18.1. The number of carbonyl (C=O) groups is 1. The lowest BCUT2D eigenvalue weighted by Crippen LogP contribution is -2.42. The van der Waals surface area contributed by atoms with Crippen molar-refractivity contribution in [3.63, 3.8) is 0 Å². The van der Waals surface area contributed by atoms with Gasteiger partial charge in [0.25, 0.3) is 0 Å². The van der Waals surface area contributed by atoms with Gasteiger partial charge in [-0.15, -0.1) is 0 Å². The highest BCUT2D eigenvalue weighted by Gasteiger charge is 2.40. The van der Waals surface area contributed by atoms with Crippen LogP contribution in [0.4, 0.5) is 8.78 Å². The van der Waals surface area contributed by atoms with Crippen molar-refractivity contribution in [2.75, 3.05) is 13.1 Å². The zero-order chi connectivity index (χ0) is 19.1. The summed E-state index contributed by atoms with van der Waals surface area (Å²) >= 11 is 5.93. The number of hydrogen-bond donors (Lipinski definition) is 0. The number of nitrogens with zero attached hydrogens (tertiary/aromatic N) is 5. The first-order valence-electron chi connectivity index (χ1n) is 8.78. The van der Waals surface area contributed by atoms with Crippen LogP contribution in [0.2, 0.25) is 5.02 Å². The van der Waals surface area contributed by atoms with Gasteiger partial charge in [0.05, 0.1) is 24.7 Å². The highest BCUT2D eigenvalue weighted by Crippen LogP contribution is 2.27. The van der Waals surface area contributed by atoms with E-state index >= 15 is 0 Å². The molecule has 0 spiro atoms. The minimum atomic E-state index is -1.67. The SMILES string of the molecule is O=C([C@@H]1CCCc2nn(Cc3cncc(Cl)c3)c(=O)n21)N1C[C@H](F)[C@@H](F)C1. The van der Waals surface area contributed by atoms with E-state index in [1.54, 1.807) is 12.3 Å². The average Bonchev–Trinajstić information content (AvgIpc) is 3.14. The zero-order valence-corrected chi connectivity index (χ0v) is 15.1. The molecular formula is C17H18ClF2N5O2. The van der Waals surface area contributed by atoms with Crippen LogP contribution in [0.1, 0.15) is 30.3 Å². The Morgan fingerprint density at radius 1 is 1.26 bits per heavy atom. The van der Waals surface area contributed by atoms with E-state index in [0.717, 1.165) is 0 Å². The molecule has 1 fully saturated rings. The number of amides is 1. The van der Waals surface area contributed by atoms with Gasteiger partial charge in [0.1, 0.15) is 11.9 Å². The molecule has 0 N–H and O–H groups in total. The van der Waals surface area contributed by atoms with Crippen molar-refractivity contribution in [3.8, 4) is 0 Å². The average molecular weight is 398 g/mol. The fourth-order valence-corrected chi connectivity index (χ4v) is 3.90. The van der Waals surface area contributed by atoms with Gasteiger partial charge in [-0.05, 0) is 24.5 Å². The molecule has 1 amide bonds. The minimum Gasteiger partial charge on any atom is -0.335 e. The molecule has 10 heteroatoms. The zero-order valence-electron chi connectivity index (χ0n) is 14.4. The molecular weight excluding hydrogens is 380 g/mol. The second-order valence-corrected chi connectivity index (χ2v) is 7.36. The van der Waals surface area contributed by atoms with Crippen molar-refractivity contribution in [1.29, 1.82) is 0 Å². The van der Waals surface area contributed by atoms with E-state index in [2.05, 4.69) is 10.1 Å². The van der Waals surface area contributed by atoms with E-state index in [0.29, 0.717) is 35.7 Å². The molecule has 144 valence electrons. The maximum Gasteiger partial charge on any atom is 0.346 e. The van der Waals surface area contributed by atoms with Gasteiger partial charge in [0, 0.05) is 18.8 Å². The number of halogens is 3. The largest absolute Gasteiger partial charge is 0.346 e. The highest BCUT2D eigenvalue weighted by atomic mass is 35.5. The Labute approximate surface area is 158 Å². The van der Waals surface area contributed by atoms with Gasteiger partial charge in [-0.2, -0.15) is 5.10 Å². The van der Waals surface area contributed by atoms with Crippen molar-refractivity contribution < 1.29 is 13.6 Å². The summed E-state index contributed by atoms with van der Waals surface area (Å²) in [6.45, 7) is -0.373. The third-order valence-electron chi connectivity index (χ3n) is 5.00. The maximum atomic E-state index is 13.5. The summed E-state index contributed by atoms with van der Waals surface area (Å²) in [7, 11) is 0. The van der Waals surface area contributed by atoms with Gasteiger partial charge in [-0.1, -0.05) is 11.6 Å². The summed E-state index contributed by atoms with van der Waals surface area (Å²) in [6, 6.07) is 0.916. The lowest BCUT2D eigenvalue weighted by Gasteiger charge is -2.26. The van der Waals surface area contributed by atoms with Crippen molar-refractivity contribution in [2.24, 2.45) is 0 Å². The number of pyridine rings is 1. The monoisotopic (exact) mass is 397 g/mol. The van der Waals surface area contributed by atoms with E-state index in [-0.39, 0.29) is 19.6 Å². The molecule has 0 unspecified atom stereocenters. The number of fused-ring (bicyclic) bond motifs is 1. The molecule has 27 heavy (non-hydrogen) atoms. The van der Waals surface area contributed by atoms with Gasteiger partial charge in [0.2, 0.25) is 5.91 Å². The predicted molar refractivity (Wildman–Crippen MR) is 93.2 cm³/mol. The Bertz CT molecular complexity index is 920. The van der Waals surface area contributed by atoms with Gasteiger partial charge in [0.15, 0.2) is 12.3 Å². The molecule has 2 aliphatic heterocycles. The van der Waals surface area contributed by atoms with Crippen LogP contribution in [0.5, 0.6) is 0 Å². The molecule has 2 aromatic heterocycles. The molecule has 0 radical (unpaired) electrons. The summed E-state index contributed by atoms with van der Waals surface area (Å²) in [5.74, 6) is 0.0807. The highest BCUT2D eigenvalue weighted by molar-refractivity contribution is 6.30. The van der Waals surface area contributed by atoms with Crippen molar-refractivity contribution in [2.45, 2.75) is 44.2 Å². The summed E-state index contributed by atoms with van der Waals surface area (Å²) < 4.78 is 29.6.